The van der Waals surface area contributed by atoms with Crippen LogP contribution in [-0.4, -0.2) is 35.7 Å². The maximum atomic E-state index is 9.18. The molecule has 0 bridgehead atoms. The molecule has 0 amide bonds. The van der Waals surface area contributed by atoms with Gasteiger partial charge in [-0.05, 0) is 26.8 Å². The standard InChI is InChI=1S/C11H25NO/c1-6-10(7-2)8-12(5)11(3,4)9-13/h10,13H,6-9H2,1-5H3. The number of nitrogens with zero attached hydrogens (tertiary/aromatic N) is 1. The molecule has 0 radical (unpaired) electrons. The smallest absolute Gasteiger partial charge is 0.0609 e. The summed E-state index contributed by atoms with van der Waals surface area (Å²) >= 11 is 0. The number of hydrogen-bond donors (Lipinski definition) is 1. The molecule has 0 aromatic heterocycles. The van der Waals surface area contributed by atoms with Crippen molar-refractivity contribution in [3.8, 4) is 0 Å². The van der Waals surface area contributed by atoms with E-state index in [0.29, 0.717) is 0 Å². The highest BCUT2D eigenvalue weighted by Gasteiger charge is 2.23. The molecule has 13 heavy (non-hydrogen) atoms. The zero-order valence-electron chi connectivity index (χ0n) is 9.80. The Morgan fingerprint density at radius 3 is 2.00 bits per heavy atom. The summed E-state index contributed by atoms with van der Waals surface area (Å²) in [6.45, 7) is 9.93. The summed E-state index contributed by atoms with van der Waals surface area (Å²) in [5, 5.41) is 9.18. The largest absolute Gasteiger partial charge is 0.394 e. The molecule has 0 aromatic rings. The van der Waals surface area contributed by atoms with E-state index in [1.807, 2.05) is 0 Å². The number of aliphatic hydroxyl groups is 1. The molecule has 0 aliphatic carbocycles. The molecule has 2 heteroatoms. The van der Waals surface area contributed by atoms with Crippen molar-refractivity contribution >= 4 is 0 Å². The Bertz CT molecular complexity index is 130. The zero-order valence-corrected chi connectivity index (χ0v) is 9.80. The van der Waals surface area contributed by atoms with Gasteiger partial charge in [-0.15, -0.1) is 0 Å². The Morgan fingerprint density at radius 1 is 1.23 bits per heavy atom. The van der Waals surface area contributed by atoms with Crippen molar-refractivity contribution < 1.29 is 5.11 Å². The highest BCUT2D eigenvalue weighted by atomic mass is 16.3. The molecule has 0 heterocycles. The summed E-state index contributed by atoms with van der Waals surface area (Å²) < 4.78 is 0. The van der Waals surface area contributed by atoms with Gasteiger partial charge >= 0.3 is 0 Å². The van der Waals surface area contributed by atoms with Gasteiger partial charge < -0.3 is 5.11 Å². The van der Waals surface area contributed by atoms with Gasteiger partial charge in [0.25, 0.3) is 0 Å². The number of hydrogen-bond acceptors (Lipinski definition) is 2. The molecule has 0 unspecified atom stereocenters. The number of aliphatic hydroxyl groups excluding tert-OH is 1. The minimum Gasteiger partial charge on any atom is -0.394 e. The van der Waals surface area contributed by atoms with Crippen molar-refractivity contribution in [2.24, 2.45) is 5.92 Å². The van der Waals surface area contributed by atoms with Gasteiger partial charge in [0.2, 0.25) is 0 Å². The molecule has 0 rings (SSSR count). The van der Waals surface area contributed by atoms with Crippen LogP contribution in [0, 0.1) is 5.92 Å². The molecule has 80 valence electrons. The number of rotatable bonds is 6. The Hall–Kier alpha value is -0.0800. The van der Waals surface area contributed by atoms with Gasteiger partial charge in [-0.2, -0.15) is 0 Å². The topological polar surface area (TPSA) is 23.5 Å². The van der Waals surface area contributed by atoms with E-state index in [9.17, 15) is 5.11 Å². The molecular weight excluding hydrogens is 162 g/mol. The van der Waals surface area contributed by atoms with Gasteiger partial charge in [0.05, 0.1) is 6.61 Å². The second kappa shape index (κ2) is 5.61. The lowest BCUT2D eigenvalue weighted by Gasteiger charge is -2.36. The first-order valence-corrected chi connectivity index (χ1v) is 5.30. The van der Waals surface area contributed by atoms with Crippen molar-refractivity contribution in [1.29, 1.82) is 0 Å². The Morgan fingerprint density at radius 2 is 1.69 bits per heavy atom. The molecule has 0 aliphatic rings. The average Bonchev–Trinajstić information content (AvgIpc) is 2.13. The SMILES string of the molecule is CCC(CC)CN(C)C(C)(C)CO. The van der Waals surface area contributed by atoms with Crippen molar-refractivity contribution in [2.75, 3.05) is 20.2 Å². The van der Waals surface area contributed by atoms with Gasteiger partial charge in [0.15, 0.2) is 0 Å². The van der Waals surface area contributed by atoms with Gasteiger partial charge in [-0.25, -0.2) is 0 Å². The minimum absolute atomic E-state index is 0.0808. The average molecular weight is 187 g/mol. The summed E-state index contributed by atoms with van der Waals surface area (Å²) in [7, 11) is 2.09. The Labute approximate surface area is 82.9 Å². The van der Waals surface area contributed by atoms with E-state index >= 15 is 0 Å². The summed E-state index contributed by atoms with van der Waals surface area (Å²) in [5.41, 5.74) is -0.0808. The minimum atomic E-state index is -0.0808. The third-order valence-corrected chi connectivity index (χ3v) is 3.11. The van der Waals surface area contributed by atoms with Crippen molar-refractivity contribution in [1.82, 2.24) is 4.90 Å². The lowest BCUT2D eigenvalue weighted by atomic mass is 9.98. The van der Waals surface area contributed by atoms with Crippen molar-refractivity contribution in [3.05, 3.63) is 0 Å². The summed E-state index contributed by atoms with van der Waals surface area (Å²) in [6, 6.07) is 0. The van der Waals surface area contributed by atoms with E-state index in [2.05, 4.69) is 39.6 Å². The monoisotopic (exact) mass is 187 g/mol. The predicted octanol–water partition coefficient (Wildman–Crippen LogP) is 2.13. The van der Waals surface area contributed by atoms with E-state index in [4.69, 9.17) is 0 Å². The summed E-state index contributed by atoms with van der Waals surface area (Å²) in [4.78, 5) is 2.25. The highest BCUT2D eigenvalue weighted by Crippen LogP contribution is 2.16. The molecule has 2 nitrogen and oxygen atoms in total. The highest BCUT2D eigenvalue weighted by molar-refractivity contribution is 4.79. The Balaban J connectivity index is 4.04. The molecule has 0 spiro atoms. The second-order valence-electron chi connectivity index (χ2n) is 4.53. The summed E-state index contributed by atoms with van der Waals surface area (Å²) in [6.07, 6.45) is 2.45. The molecule has 0 atom stereocenters. The third-order valence-electron chi connectivity index (χ3n) is 3.11. The lowest BCUT2D eigenvalue weighted by molar-refractivity contribution is 0.0652. The normalized spacial score (nSPS) is 12.9. The molecular formula is C11H25NO. The molecule has 1 N–H and O–H groups in total. The maximum Gasteiger partial charge on any atom is 0.0609 e. The van der Waals surface area contributed by atoms with E-state index in [1.54, 1.807) is 0 Å². The van der Waals surface area contributed by atoms with Crippen molar-refractivity contribution in [3.63, 3.8) is 0 Å². The van der Waals surface area contributed by atoms with E-state index in [-0.39, 0.29) is 12.1 Å². The fraction of sp³-hybridized carbons (Fsp3) is 1.00. The predicted molar refractivity (Wildman–Crippen MR) is 57.9 cm³/mol. The third kappa shape index (κ3) is 4.10. The van der Waals surface area contributed by atoms with Gasteiger partial charge in [0, 0.05) is 12.1 Å². The van der Waals surface area contributed by atoms with Crippen LogP contribution >= 0.6 is 0 Å². The van der Waals surface area contributed by atoms with Crippen molar-refractivity contribution in [2.45, 2.75) is 46.1 Å². The molecule has 0 aliphatic heterocycles. The van der Waals surface area contributed by atoms with Crippen LogP contribution in [0.4, 0.5) is 0 Å². The molecule has 0 saturated carbocycles. The van der Waals surface area contributed by atoms with E-state index in [1.165, 1.54) is 12.8 Å². The van der Waals surface area contributed by atoms with Crippen LogP contribution in [0.25, 0.3) is 0 Å². The fourth-order valence-electron chi connectivity index (χ4n) is 1.30. The quantitative estimate of drug-likeness (QED) is 0.688. The second-order valence-corrected chi connectivity index (χ2v) is 4.53. The first-order chi connectivity index (χ1) is 5.97. The van der Waals surface area contributed by atoms with Crippen LogP contribution in [0.2, 0.25) is 0 Å². The van der Waals surface area contributed by atoms with Crippen LogP contribution in [0.3, 0.4) is 0 Å². The summed E-state index contributed by atoms with van der Waals surface area (Å²) in [5.74, 6) is 0.760. The first kappa shape index (κ1) is 12.9. The molecule has 0 fully saturated rings. The van der Waals surface area contributed by atoms with E-state index < -0.39 is 0 Å². The van der Waals surface area contributed by atoms with E-state index in [0.717, 1.165) is 12.5 Å². The molecule has 0 saturated heterocycles. The maximum absolute atomic E-state index is 9.18. The lowest BCUT2D eigenvalue weighted by Crippen LogP contribution is -2.46. The van der Waals surface area contributed by atoms with Crippen LogP contribution in [-0.2, 0) is 0 Å². The van der Waals surface area contributed by atoms with Crippen LogP contribution in [0.1, 0.15) is 40.5 Å². The van der Waals surface area contributed by atoms with Crippen LogP contribution in [0.5, 0.6) is 0 Å². The van der Waals surface area contributed by atoms with Crippen LogP contribution < -0.4 is 0 Å². The fourth-order valence-corrected chi connectivity index (χ4v) is 1.30. The molecule has 0 aromatic carbocycles. The zero-order chi connectivity index (χ0) is 10.5. The Kier molecular flexibility index (Phi) is 5.57. The number of likely N-dealkylation sites (N-methyl/N-ethyl adjacent to an activating group) is 1. The van der Waals surface area contributed by atoms with Gasteiger partial charge in [0.1, 0.15) is 0 Å². The van der Waals surface area contributed by atoms with Gasteiger partial charge in [-0.1, -0.05) is 26.7 Å². The first-order valence-electron chi connectivity index (χ1n) is 5.30. The van der Waals surface area contributed by atoms with Gasteiger partial charge in [-0.3, -0.25) is 4.90 Å². The van der Waals surface area contributed by atoms with Crippen LogP contribution in [0.15, 0.2) is 0 Å².